The van der Waals surface area contributed by atoms with Crippen molar-refractivity contribution in [2.45, 2.75) is 25.9 Å². The molecule has 1 aliphatic heterocycles. The second-order valence-electron chi connectivity index (χ2n) is 5.37. The Morgan fingerprint density at radius 1 is 1.35 bits per heavy atom. The topological polar surface area (TPSA) is 34.2 Å². The van der Waals surface area contributed by atoms with E-state index in [4.69, 9.17) is 4.74 Å². The molecule has 1 aromatic carbocycles. The van der Waals surface area contributed by atoms with Crippen LogP contribution in [0.25, 0.3) is 0 Å². The number of hydrogen-bond donors (Lipinski definition) is 1. The molecule has 0 radical (unpaired) electrons. The zero-order chi connectivity index (χ0) is 13.8. The summed E-state index contributed by atoms with van der Waals surface area (Å²) in [4.78, 5) is 4.12. The largest absolute Gasteiger partial charge is 0.488 e. The summed E-state index contributed by atoms with van der Waals surface area (Å²) in [6.07, 6.45) is 6.01. The maximum absolute atomic E-state index is 5.94. The van der Waals surface area contributed by atoms with Crippen LogP contribution in [0.4, 0.5) is 0 Å². The van der Waals surface area contributed by atoms with Crippen molar-refractivity contribution >= 4 is 0 Å². The van der Waals surface area contributed by atoms with Crippen molar-refractivity contribution in [3.05, 3.63) is 59.4 Å². The number of fused-ring (bicyclic) bond motifs is 1. The van der Waals surface area contributed by atoms with Gasteiger partial charge in [-0.05, 0) is 43.1 Å². The third kappa shape index (κ3) is 3.17. The van der Waals surface area contributed by atoms with Crippen molar-refractivity contribution in [2.24, 2.45) is 0 Å². The summed E-state index contributed by atoms with van der Waals surface area (Å²) >= 11 is 0. The minimum atomic E-state index is 0.265. The molecule has 0 saturated carbocycles. The van der Waals surface area contributed by atoms with E-state index in [2.05, 4.69) is 41.5 Å². The van der Waals surface area contributed by atoms with Crippen LogP contribution in [0.1, 0.15) is 16.7 Å². The van der Waals surface area contributed by atoms with Crippen LogP contribution in [0.15, 0.2) is 42.7 Å². The zero-order valence-electron chi connectivity index (χ0n) is 11.8. The first-order valence-corrected chi connectivity index (χ1v) is 7.17. The first-order valence-electron chi connectivity index (χ1n) is 7.17. The quantitative estimate of drug-likeness (QED) is 0.846. The first kappa shape index (κ1) is 13.1. The molecule has 2 aromatic rings. The molecule has 3 nitrogen and oxygen atoms in total. The molecule has 20 heavy (non-hydrogen) atoms. The Balaban J connectivity index is 1.43. The summed E-state index contributed by atoms with van der Waals surface area (Å²) in [6.45, 7) is 3.98. The van der Waals surface area contributed by atoms with Gasteiger partial charge in [-0.15, -0.1) is 0 Å². The third-order valence-electron chi connectivity index (χ3n) is 3.64. The highest BCUT2D eigenvalue weighted by molar-refractivity contribution is 5.40. The number of pyridine rings is 1. The summed E-state index contributed by atoms with van der Waals surface area (Å²) < 4.78 is 5.94. The number of aromatic nitrogens is 1. The van der Waals surface area contributed by atoms with Gasteiger partial charge < -0.3 is 10.1 Å². The molecule has 0 bridgehead atoms. The molecule has 1 aliphatic rings. The molecule has 3 rings (SSSR count). The Kier molecular flexibility index (Phi) is 3.97. The number of benzene rings is 1. The van der Waals surface area contributed by atoms with Crippen LogP contribution < -0.4 is 10.1 Å². The molecular formula is C17H20N2O. The molecule has 2 heterocycles. The number of hydrogen-bond acceptors (Lipinski definition) is 3. The van der Waals surface area contributed by atoms with Crippen molar-refractivity contribution in [3.8, 4) is 5.75 Å². The lowest BCUT2D eigenvalue weighted by Gasteiger charge is -2.11. The first-order chi connectivity index (χ1) is 9.81. The molecule has 0 fully saturated rings. The maximum atomic E-state index is 5.94. The lowest BCUT2D eigenvalue weighted by molar-refractivity contribution is 0.228. The normalized spacial score (nSPS) is 16.8. The number of aryl methyl sites for hydroxylation is 1. The minimum Gasteiger partial charge on any atom is -0.488 e. The van der Waals surface area contributed by atoms with Crippen molar-refractivity contribution in [3.63, 3.8) is 0 Å². The van der Waals surface area contributed by atoms with Crippen LogP contribution in [0, 0.1) is 6.92 Å². The van der Waals surface area contributed by atoms with Crippen molar-refractivity contribution in [1.82, 2.24) is 10.3 Å². The molecule has 1 unspecified atom stereocenters. The van der Waals surface area contributed by atoms with E-state index in [0.29, 0.717) is 0 Å². The molecule has 1 aromatic heterocycles. The van der Waals surface area contributed by atoms with Gasteiger partial charge in [0.05, 0.1) is 0 Å². The summed E-state index contributed by atoms with van der Waals surface area (Å²) in [6, 6.07) is 10.5. The SMILES string of the molecule is Cc1ccc2c(c1)CC(CNCCc1cccnc1)O2. The molecule has 0 saturated heterocycles. The van der Waals surface area contributed by atoms with Gasteiger partial charge in [0.25, 0.3) is 0 Å². The van der Waals surface area contributed by atoms with E-state index in [1.165, 1.54) is 16.7 Å². The van der Waals surface area contributed by atoms with E-state index >= 15 is 0 Å². The summed E-state index contributed by atoms with van der Waals surface area (Å²) in [5.74, 6) is 1.05. The Morgan fingerprint density at radius 3 is 3.15 bits per heavy atom. The lowest BCUT2D eigenvalue weighted by atomic mass is 10.1. The van der Waals surface area contributed by atoms with Gasteiger partial charge in [-0.3, -0.25) is 4.98 Å². The minimum absolute atomic E-state index is 0.265. The zero-order valence-corrected chi connectivity index (χ0v) is 11.8. The van der Waals surface area contributed by atoms with Gasteiger partial charge in [0, 0.05) is 25.4 Å². The van der Waals surface area contributed by atoms with E-state index in [-0.39, 0.29) is 6.10 Å². The summed E-state index contributed by atoms with van der Waals surface area (Å²) in [5.41, 5.74) is 3.91. The Bertz CT molecular complexity index is 568. The van der Waals surface area contributed by atoms with Gasteiger partial charge in [0.15, 0.2) is 0 Å². The number of nitrogens with one attached hydrogen (secondary N) is 1. The highest BCUT2D eigenvalue weighted by Crippen LogP contribution is 2.29. The van der Waals surface area contributed by atoms with E-state index in [1.54, 1.807) is 0 Å². The van der Waals surface area contributed by atoms with Crippen molar-refractivity contribution in [2.75, 3.05) is 13.1 Å². The smallest absolute Gasteiger partial charge is 0.123 e. The Hall–Kier alpha value is -1.87. The van der Waals surface area contributed by atoms with Gasteiger partial charge in [0.2, 0.25) is 0 Å². The summed E-state index contributed by atoms with van der Waals surface area (Å²) in [7, 11) is 0. The molecule has 104 valence electrons. The number of rotatable bonds is 5. The van der Waals surface area contributed by atoms with Crippen LogP contribution in [0.2, 0.25) is 0 Å². The van der Waals surface area contributed by atoms with E-state index in [9.17, 15) is 0 Å². The monoisotopic (exact) mass is 268 g/mol. The Labute approximate surface area is 120 Å². The van der Waals surface area contributed by atoms with Crippen LogP contribution in [-0.2, 0) is 12.8 Å². The lowest BCUT2D eigenvalue weighted by Crippen LogP contribution is -2.31. The van der Waals surface area contributed by atoms with E-state index in [1.807, 2.05) is 18.5 Å². The van der Waals surface area contributed by atoms with E-state index in [0.717, 1.165) is 31.7 Å². The summed E-state index contributed by atoms with van der Waals surface area (Å²) in [5, 5.41) is 3.47. The second-order valence-corrected chi connectivity index (χ2v) is 5.37. The van der Waals surface area contributed by atoms with Gasteiger partial charge in [0.1, 0.15) is 11.9 Å². The third-order valence-corrected chi connectivity index (χ3v) is 3.64. The maximum Gasteiger partial charge on any atom is 0.123 e. The van der Waals surface area contributed by atoms with Gasteiger partial charge in [-0.1, -0.05) is 23.8 Å². The molecule has 1 atom stereocenters. The molecule has 1 N–H and O–H groups in total. The molecule has 0 amide bonds. The van der Waals surface area contributed by atoms with E-state index < -0.39 is 0 Å². The standard InChI is InChI=1S/C17H20N2O/c1-13-4-5-17-15(9-13)10-16(20-17)12-19-8-6-14-3-2-7-18-11-14/h2-5,7,9,11,16,19H,6,8,10,12H2,1H3. The Morgan fingerprint density at radius 2 is 2.30 bits per heavy atom. The highest BCUT2D eigenvalue weighted by Gasteiger charge is 2.22. The predicted octanol–water partition coefficient (Wildman–Crippen LogP) is 2.53. The average Bonchev–Trinajstić information content (AvgIpc) is 2.86. The molecular weight excluding hydrogens is 248 g/mol. The fourth-order valence-electron chi connectivity index (χ4n) is 2.60. The van der Waals surface area contributed by atoms with Gasteiger partial charge in [-0.25, -0.2) is 0 Å². The second kappa shape index (κ2) is 6.06. The molecule has 0 spiro atoms. The molecule has 0 aliphatic carbocycles. The fourth-order valence-corrected chi connectivity index (χ4v) is 2.60. The number of ether oxygens (including phenoxy) is 1. The predicted molar refractivity (Wildman–Crippen MR) is 80.1 cm³/mol. The van der Waals surface area contributed by atoms with Gasteiger partial charge in [-0.2, -0.15) is 0 Å². The fraction of sp³-hybridized carbons (Fsp3) is 0.353. The van der Waals surface area contributed by atoms with Crippen molar-refractivity contribution < 1.29 is 4.74 Å². The van der Waals surface area contributed by atoms with Crippen LogP contribution >= 0.6 is 0 Å². The van der Waals surface area contributed by atoms with Gasteiger partial charge >= 0.3 is 0 Å². The van der Waals surface area contributed by atoms with Crippen molar-refractivity contribution in [1.29, 1.82) is 0 Å². The van der Waals surface area contributed by atoms with Crippen LogP contribution in [0.3, 0.4) is 0 Å². The highest BCUT2D eigenvalue weighted by atomic mass is 16.5. The van der Waals surface area contributed by atoms with Crippen LogP contribution in [-0.4, -0.2) is 24.2 Å². The molecule has 3 heteroatoms. The van der Waals surface area contributed by atoms with Crippen LogP contribution in [0.5, 0.6) is 5.75 Å². The number of nitrogens with zero attached hydrogens (tertiary/aromatic N) is 1. The average molecular weight is 268 g/mol.